The fraction of sp³-hybridized carbons (Fsp3) is 0.300. The maximum absolute atomic E-state index is 11.6. The lowest BCUT2D eigenvalue weighted by Crippen LogP contribution is -2.46. The predicted octanol–water partition coefficient (Wildman–Crippen LogP) is 3.59. The van der Waals surface area contributed by atoms with Gasteiger partial charge in [0.05, 0.1) is 5.25 Å². The fourth-order valence-corrected chi connectivity index (χ4v) is 4.81. The molecule has 2 aromatic carbocycles. The van der Waals surface area contributed by atoms with E-state index < -0.39 is 11.2 Å². The number of hydroxylamine groups is 1. The van der Waals surface area contributed by atoms with Crippen LogP contribution in [0.2, 0.25) is 0 Å². The first-order valence-electron chi connectivity index (χ1n) is 9.06. The van der Waals surface area contributed by atoms with E-state index in [4.69, 9.17) is 5.21 Å². The molecule has 6 nitrogen and oxygen atoms in total. The smallest absolute Gasteiger partial charge is 0.256 e. The molecule has 1 aliphatic rings. The molecule has 8 heteroatoms. The van der Waals surface area contributed by atoms with Crippen molar-refractivity contribution in [2.45, 2.75) is 17.1 Å². The van der Waals surface area contributed by atoms with Gasteiger partial charge in [-0.1, -0.05) is 48.7 Å². The van der Waals surface area contributed by atoms with Gasteiger partial charge in [0.1, 0.15) is 0 Å². The van der Waals surface area contributed by atoms with Crippen molar-refractivity contribution >= 4 is 45.6 Å². The lowest BCUT2D eigenvalue weighted by Gasteiger charge is -2.35. The average Bonchev–Trinajstić information content (AvgIpc) is 2.73. The third-order valence-electron chi connectivity index (χ3n) is 4.43. The van der Waals surface area contributed by atoms with E-state index in [0.29, 0.717) is 0 Å². The molecule has 1 aliphatic heterocycles. The van der Waals surface area contributed by atoms with Gasteiger partial charge in [-0.25, -0.2) is 14.8 Å². The van der Waals surface area contributed by atoms with Gasteiger partial charge >= 0.3 is 0 Å². The van der Waals surface area contributed by atoms with E-state index in [1.54, 1.807) is 24.4 Å². The summed E-state index contributed by atoms with van der Waals surface area (Å²) < 4.78 is 2.35. The van der Waals surface area contributed by atoms with E-state index in [1.165, 1.54) is 33.6 Å². The van der Waals surface area contributed by atoms with E-state index in [1.807, 2.05) is 0 Å². The molecule has 0 aromatic heterocycles. The predicted molar refractivity (Wildman–Crippen MR) is 118 cm³/mol. The number of carbonyl (C=O) groups is 1. The Balaban J connectivity index is 1.58. The van der Waals surface area contributed by atoms with Crippen LogP contribution in [0.1, 0.15) is 6.92 Å². The Hall–Kier alpha value is -2.00. The van der Waals surface area contributed by atoms with Crippen LogP contribution in [0.3, 0.4) is 0 Å². The topological polar surface area (TPSA) is 68.2 Å². The van der Waals surface area contributed by atoms with Crippen LogP contribution in [0.5, 0.6) is 0 Å². The second-order valence-electron chi connectivity index (χ2n) is 6.35. The standard InChI is InChI=1S/C20H24N4O2S2/c1-3-21-20(27-15(2)19(25)22-26)23-10-12-24(13-11-23)28-18-9-8-16-6-4-5-7-17(16)14-18/h3-9,14-15,26H,1,10-13H2,2H3,(H,22,25). The monoisotopic (exact) mass is 416 g/mol. The molecule has 28 heavy (non-hydrogen) atoms. The van der Waals surface area contributed by atoms with Crippen molar-refractivity contribution in [3.05, 3.63) is 55.2 Å². The zero-order chi connectivity index (χ0) is 19.9. The van der Waals surface area contributed by atoms with Crippen molar-refractivity contribution in [1.29, 1.82) is 0 Å². The normalized spacial score (nSPS) is 16.8. The highest BCUT2D eigenvalue weighted by molar-refractivity contribution is 8.14. The zero-order valence-corrected chi connectivity index (χ0v) is 17.4. The molecule has 0 bridgehead atoms. The van der Waals surface area contributed by atoms with Gasteiger partial charge in [0.25, 0.3) is 5.91 Å². The minimum absolute atomic E-state index is 0.436. The summed E-state index contributed by atoms with van der Waals surface area (Å²) in [6.07, 6.45) is 1.49. The van der Waals surface area contributed by atoms with Gasteiger partial charge in [0.15, 0.2) is 5.17 Å². The summed E-state index contributed by atoms with van der Waals surface area (Å²) in [6, 6.07) is 14.9. The molecule has 1 saturated heterocycles. The van der Waals surface area contributed by atoms with Gasteiger partial charge in [-0.05, 0) is 41.8 Å². The Morgan fingerprint density at radius 1 is 1.21 bits per heavy atom. The molecule has 148 valence electrons. The molecule has 0 spiro atoms. The number of thioether (sulfide) groups is 1. The quantitative estimate of drug-likeness (QED) is 0.255. The van der Waals surface area contributed by atoms with Crippen LogP contribution in [0.15, 0.2) is 65.1 Å². The summed E-state index contributed by atoms with van der Waals surface area (Å²) in [7, 11) is 0. The Kier molecular flexibility index (Phi) is 7.38. The molecule has 1 heterocycles. The molecule has 3 rings (SSSR count). The van der Waals surface area contributed by atoms with Gasteiger partial charge in [-0.15, -0.1) is 0 Å². The minimum atomic E-state index is -0.438. The molecule has 0 saturated carbocycles. The summed E-state index contributed by atoms with van der Waals surface area (Å²) in [4.78, 5) is 19.3. The van der Waals surface area contributed by atoms with Crippen LogP contribution in [0, 0.1) is 0 Å². The molecular weight excluding hydrogens is 392 g/mol. The number of nitrogens with one attached hydrogen (secondary N) is 1. The van der Waals surface area contributed by atoms with Crippen LogP contribution in [0.4, 0.5) is 0 Å². The SMILES string of the molecule is C=CN=C(SC(C)C(=O)NO)N1CCN(Sc2ccc3ccccc3c2)CC1. The van der Waals surface area contributed by atoms with E-state index in [9.17, 15) is 4.79 Å². The summed E-state index contributed by atoms with van der Waals surface area (Å²) in [5.41, 5.74) is 1.69. The lowest BCUT2D eigenvalue weighted by molar-refractivity contribution is -0.128. The highest BCUT2D eigenvalue weighted by Crippen LogP contribution is 2.28. The number of fused-ring (bicyclic) bond motifs is 1. The average molecular weight is 417 g/mol. The van der Waals surface area contributed by atoms with Crippen molar-refractivity contribution in [3.8, 4) is 0 Å². The van der Waals surface area contributed by atoms with Crippen LogP contribution in [-0.4, -0.2) is 56.9 Å². The summed E-state index contributed by atoms with van der Waals surface area (Å²) >= 11 is 3.09. The highest BCUT2D eigenvalue weighted by Gasteiger charge is 2.24. The number of hydrogen-bond acceptors (Lipinski definition) is 6. The maximum atomic E-state index is 11.6. The second kappa shape index (κ2) is 9.97. The van der Waals surface area contributed by atoms with Crippen LogP contribution in [-0.2, 0) is 4.79 Å². The first kappa shape index (κ1) is 20.7. The van der Waals surface area contributed by atoms with Crippen molar-refractivity contribution in [3.63, 3.8) is 0 Å². The van der Waals surface area contributed by atoms with Gasteiger partial charge in [0.2, 0.25) is 0 Å². The van der Waals surface area contributed by atoms with Crippen molar-refractivity contribution < 1.29 is 10.0 Å². The first-order chi connectivity index (χ1) is 13.6. The van der Waals surface area contributed by atoms with Gasteiger partial charge < -0.3 is 4.90 Å². The Morgan fingerprint density at radius 3 is 2.61 bits per heavy atom. The van der Waals surface area contributed by atoms with Crippen molar-refractivity contribution in [1.82, 2.24) is 14.7 Å². The Morgan fingerprint density at radius 2 is 1.93 bits per heavy atom. The van der Waals surface area contributed by atoms with Gasteiger partial charge in [0, 0.05) is 37.3 Å². The van der Waals surface area contributed by atoms with Crippen molar-refractivity contribution in [2.24, 2.45) is 4.99 Å². The summed E-state index contributed by atoms with van der Waals surface area (Å²) in [5, 5.41) is 11.6. The molecule has 2 aromatic rings. The maximum Gasteiger partial charge on any atom is 0.256 e. The van der Waals surface area contributed by atoms with Gasteiger partial charge in [-0.3, -0.25) is 10.0 Å². The zero-order valence-electron chi connectivity index (χ0n) is 15.7. The highest BCUT2D eigenvalue weighted by atomic mass is 32.2. The first-order valence-corrected chi connectivity index (χ1v) is 10.7. The lowest BCUT2D eigenvalue weighted by atomic mass is 10.1. The molecule has 2 N–H and O–H groups in total. The van der Waals surface area contributed by atoms with E-state index in [0.717, 1.165) is 31.3 Å². The van der Waals surface area contributed by atoms with Crippen LogP contribution in [0.25, 0.3) is 10.8 Å². The van der Waals surface area contributed by atoms with Crippen molar-refractivity contribution in [2.75, 3.05) is 26.2 Å². The molecule has 1 amide bonds. The fourth-order valence-electron chi connectivity index (χ4n) is 2.91. The van der Waals surface area contributed by atoms with E-state index >= 15 is 0 Å². The number of benzene rings is 2. The third kappa shape index (κ3) is 5.29. The van der Waals surface area contributed by atoms with Crippen LogP contribution >= 0.6 is 23.7 Å². The minimum Gasteiger partial charge on any atom is -0.349 e. The number of hydrogen-bond donors (Lipinski definition) is 2. The van der Waals surface area contributed by atoms with Gasteiger partial charge in [-0.2, -0.15) is 0 Å². The number of piperazine rings is 1. The number of carbonyl (C=O) groups excluding carboxylic acids is 1. The Bertz CT molecular complexity index is 866. The molecule has 1 fully saturated rings. The largest absolute Gasteiger partial charge is 0.349 e. The number of rotatable bonds is 5. The molecular formula is C20H24N4O2S2. The number of amidine groups is 1. The third-order valence-corrected chi connectivity index (χ3v) is 6.66. The number of aliphatic imine (C=N–C) groups is 1. The van der Waals surface area contributed by atoms with E-state index in [2.05, 4.69) is 63.2 Å². The summed E-state index contributed by atoms with van der Waals surface area (Å²) in [6.45, 7) is 8.80. The number of amides is 1. The Labute approximate surface area is 173 Å². The summed E-state index contributed by atoms with van der Waals surface area (Å²) in [5.74, 6) is -0.438. The molecule has 0 aliphatic carbocycles. The second-order valence-corrected chi connectivity index (χ2v) is 8.83. The number of nitrogens with zero attached hydrogens (tertiary/aromatic N) is 3. The molecule has 1 atom stereocenters. The molecule has 0 radical (unpaired) electrons. The van der Waals surface area contributed by atoms with E-state index in [-0.39, 0.29) is 0 Å². The van der Waals surface area contributed by atoms with Crippen LogP contribution < -0.4 is 5.48 Å². The molecule has 1 unspecified atom stereocenters.